The molecule has 4 rings (SSSR count). The number of likely N-dealkylation sites (tertiary alicyclic amines) is 1. The van der Waals surface area contributed by atoms with Gasteiger partial charge in [0.2, 0.25) is 0 Å². The van der Waals surface area contributed by atoms with Gasteiger partial charge in [0.1, 0.15) is 5.82 Å². The molecule has 2 aromatic heterocycles. The number of aromatic nitrogens is 4. The molecule has 0 radical (unpaired) electrons. The summed E-state index contributed by atoms with van der Waals surface area (Å²) in [5.41, 5.74) is 2.81. The molecule has 134 valence electrons. The molecule has 4 heterocycles. The van der Waals surface area contributed by atoms with Crippen molar-refractivity contribution in [2.75, 3.05) is 26.7 Å². The largest absolute Gasteiger partial charge is 0.337 e. The maximum Gasteiger partial charge on any atom is 0.274 e. The predicted molar refractivity (Wildman–Crippen MR) is 94.4 cm³/mol. The number of hydrogen-bond acceptors (Lipinski definition) is 4. The average Bonchev–Trinajstić information content (AvgIpc) is 3.27. The SMILES string of the molecule is CCn1ccnc1[C@H]1CCCN(C(=O)c2n[nH]c3c2CN(C)CC3)C1. The smallest absolute Gasteiger partial charge is 0.274 e. The van der Waals surface area contributed by atoms with Gasteiger partial charge in [-0.05, 0) is 26.8 Å². The molecule has 0 bridgehead atoms. The lowest BCUT2D eigenvalue weighted by molar-refractivity contribution is 0.0695. The summed E-state index contributed by atoms with van der Waals surface area (Å²) in [6.45, 7) is 6.38. The van der Waals surface area contributed by atoms with Crippen molar-refractivity contribution in [3.8, 4) is 0 Å². The first kappa shape index (κ1) is 16.3. The molecule has 7 heteroatoms. The van der Waals surface area contributed by atoms with Gasteiger partial charge in [-0.15, -0.1) is 0 Å². The summed E-state index contributed by atoms with van der Waals surface area (Å²) in [4.78, 5) is 21.9. The molecular formula is C18H26N6O. The van der Waals surface area contributed by atoms with Crippen LogP contribution in [0.2, 0.25) is 0 Å². The summed E-state index contributed by atoms with van der Waals surface area (Å²) < 4.78 is 2.18. The van der Waals surface area contributed by atoms with Gasteiger partial charge in [0, 0.05) is 68.7 Å². The number of carbonyl (C=O) groups excluding carboxylic acids is 1. The molecule has 0 aromatic carbocycles. The van der Waals surface area contributed by atoms with E-state index in [2.05, 4.69) is 38.6 Å². The van der Waals surface area contributed by atoms with E-state index in [1.165, 1.54) is 0 Å². The molecule has 1 amide bonds. The summed E-state index contributed by atoms with van der Waals surface area (Å²) in [6, 6.07) is 0. The summed E-state index contributed by atoms with van der Waals surface area (Å²) in [6.07, 6.45) is 6.92. The van der Waals surface area contributed by atoms with Crippen LogP contribution in [0.4, 0.5) is 0 Å². The number of H-pyrrole nitrogens is 1. The molecule has 0 unspecified atom stereocenters. The van der Waals surface area contributed by atoms with Crippen LogP contribution in [0, 0.1) is 0 Å². The van der Waals surface area contributed by atoms with Crippen molar-refractivity contribution in [1.29, 1.82) is 0 Å². The van der Waals surface area contributed by atoms with Crippen LogP contribution in [0.1, 0.15) is 53.3 Å². The highest BCUT2D eigenvalue weighted by atomic mass is 16.2. The lowest BCUT2D eigenvalue weighted by atomic mass is 9.96. The van der Waals surface area contributed by atoms with Crippen molar-refractivity contribution < 1.29 is 4.79 Å². The fourth-order valence-corrected chi connectivity index (χ4v) is 4.08. The Hall–Kier alpha value is -2.15. The summed E-state index contributed by atoms with van der Waals surface area (Å²) >= 11 is 0. The third kappa shape index (κ3) is 2.97. The Bertz CT molecular complexity index is 763. The van der Waals surface area contributed by atoms with Crippen LogP contribution in [0.15, 0.2) is 12.4 Å². The standard InChI is InChI=1S/C18H26N6O/c1-3-23-10-7-19-17(23)13-5-4-8-24(11-13)18(25)16-14-12-22(2)9-6-15(14)20-21-16/h7,10,13H,3-6,8-9,11-12H2,1-2H3,(H,20,21)/t13-/m0/s1. The molecule has 2 aromatic rings. The number of likely N-dealkylation sites (N-methyl/N-ethyl adjacent to an activating group) is 1. The van der Waals surface area contributed by atoms with Crippen LogP contribution in [0.3, 0.4) is 0 Å². The number of aromatic amines is 1. The van der Waals surface area contributed by atoms with Crippen LogP contribution < -0.4 is 0 Å². The maximum atomic E-state index is 13.1. The summed E-state index contributed by atoms with van der Waals surface area (Å²) in [7, 11) is 2.09. The van der Waals surface area contributed by atoms with Gasteiger partial charge in [-0.25, -0.2) is 4.98 Å². The van der Waals surface area contributed by atoms with Gasteiger partial charge >= 0.3 is 0 Å². The number of amides is 1. The molecule has 1 saturated heterocycles. The highest BCUT2D eigenvalue weighted by molar-refractivity contribution is 5.94. The molecule has 7 nitrogen and oxygen atoms in total. The van der Waals surface area contributed by atoms with Gasteiger partial charge in [-0.3, -0.25) is 9.89 Å². The quantitative estimate of drug-likeness (QED) is 0.920. The number of hydrogen-bond donors (Lipinski definition) is 1. The number of piperidine rings is 1. The first-order valence-electron chi connectivity index (χ1n) is 9.22. The topological polar surface area (TPSA) is 70.0 Å². The van der Waals surface area contributed by atoms with Crippen LogP contribution >= 0.6 is 0 Å². The minimum Gasteiger partial charge on any atom is -0.337 e. The minimum atomic E-state index is 0.0621. The molecule has 1 N–H and O–H groups in total. The van der Waals surface area contributed by atoms with E-state index < -0.39 is 0 Å². The molecule has 0 saturated carbocycles. The van der Waals surface area contributed by atoms with Crippen molar-refractivity contribution in [2.24, 2.45) is 0 Å². The Kier molecular flexibility index (Phi) is 4.33. The van der Waals surface area contributed by atoms with E-state index >= 15 is 0 Å². The minimum absolute atomic E-state index is 0.0621. The van der Waals surface area contributed by atoms with E-state index in [1.807, 2.05) is 17.3 Å². The Labute approximate surface area is 148 Å². The Morgan fingerprint density at radius 2 is 2.28 bits per heavy atom. The van der Waals surface area contributed by atoms with Gasteiger partial charge in [-0.1, -0.05) is 0 Å². The number of carbonyl (C=O) groups is 1. The average molecular weight is 342 g/mol. The van der Waals surface area contributed by atoms with Crippen molar-refractivity contribution in [2.45, 2.75) is 45.2 Å². The van der Waals surface area contributed by atoms with Crippen LogP contribution in [0.25, 0.3) is 0 Å². The third-order valence-corrected chi connectivity index (χ3v) is 5.49. The lowest BCUT2D eigenvalue weighted by Crippen LogP contribution is -2.40. The van der Waals surface area contributed by atoms with Gasteiger partial charge in [-0.2, -0.15) is 5.10 Å². The number of aryl methyl sites for hydroxylation is 1. The van der Waals surface area contributed by atoms with Crippen LogP contribution in [-0.2, 0) is 19.5 Å². The molecule has 2 aliphatic heterocycles. The molecule has 2 aliphatic rings. The van der Waals surface area contributed by atoms with Crippen molar-refractivity contribution >= 4 is 5.91 Å². The van der Waals surface area contributed by atoms with E-state index in [0.29, 0.717) is 11.6 Å². The lowest BCUT2D eigenvalue weighted by Gasteiger charge is -2.32. The fraction of sp³-hybridized carbons (Fsp3) is 0.611. The summed E-state index contributed by atoms with van der Waals surface area (Å²) in [5, 5.41) is 7.45. The van der Waals surface area contributed by atoms with Crippen molar-refractivity contribution in [3.63, 3.8) is 0 Å². The molecule has 0 spiro atoms. The van der Waals surface area contributed by atoms with E-state index in [1.54, 1.807) is 0 Å². The van der Waals surface area contributed by atoms with Gasteiger partial charge in [0.25, 0.3) is 5.91 Å². The van der Waals surface area contributed by atoms with Crippen LogP contribution in [0.5, 0.6) is 0 Å². The van der Waals surface area contributed by atoms with E-state index in [9.17, 15) is 4.79 Å². The number of fused-ring (bicyclic) bond motifs is 1. The Morgan fingerprint density at radius 1 is 1.40 bits per heavy atom. The third-order valence-electron chi connectivity index (χ3n) is 5.49. The number of nitrogens with one attached hydrogen (secondary N) is 1. The predicted octanol–water partition coefficient (Wildman–Crippen LogP) is 1.63. The van der Waals surface area contributed by atoms with E-state index in [0.717, 1.165) is 69.1 Å². The van der Waals surface area contributed by atoms with E-state index in [-0.39, 0.29) is 5.91 Å². The second kappa shape index (κ2) is 6.63. The highest BCUT2D eigenvalue weighted by Crippen LogP contribution is 2.28. The molecule has 1 fully saturated rings. The second-order valence-corrected chi connectivity index (χ2v) is 7.18. The van der Waals surface area contributed by atoms with Gasteiger partial charge in [0.15, 0.2) is 5.69 Å². The normalized spacial score (nSPS) is 21.4. The number of rotatable bonds is 3. The highest BCUT2D eigenvalue weighted by Gasteiger charge is 2.31. The number of nitrogens with zero attached hydrogens (tertiary/aromatic N) is 5. The Balaban J connectivity index is 1.54. The molecule has 1 atom stereocenters. The first-order chi connectivity index (χ1) is 12.2. The molecular weight excluding hydrogens is 316 g/mol. The zero-order valence-electron chi connectivity index (χ0n) is 15.0. The van der Waals surface area contributed by atoms with E-state index in [4.69, 9.17) is 0 Å². The zero-order valence-corrected chi connectivity index (χ0v) is 15.0. The summed E-state index contributed by atoms with van der Waals surface area (Å²) in [5.74, 6) is 1.47. The number of imidazole rings is 1. The van der Waals surface area contributed by atoms with Crippen molar-refractivity contribution in [3.05, 3.63) is 35.2 Å². The zero-order chi connectivity index (χ0) is 17.4. The fourth-order valence-electron chi connectivity index (χ4n) is 4.08. The maximum absolute atomic E-state index is 13.1. The first-order valence-corrected chi connectivity index (χ1v) is 9.22. The van der Waals surface area contributed by atoms with Crippen LogP contribution in [-0.4, -0.2) is 62.1 Å². The van der Waals surface area contributed by atoms with Crippen molar-refractivity contribution in [1.82, 2.24) is 29.5 Å². The molecule has 25 heavy (non-hydrogen) atoms. The molecule has 0 aliphatic carbocycles. The second-order valence-electron chi connectivity index (χ2n) is 7.18. The monoisotopic (exact) mass is 342 g/mol. The Morgan fingerprint density at radius 3 is 3.12 bits per heavy atom. The van der Waals surface area contributed by atoms with Gasteiger partial charge in [0.05, 0.1) is 0 Å². The van der Waals surface area contributed by atoms with Gasteiger partial charge < -0.3 is 14.4 Å².